The number of amides is 2. The van der Waals surface area contributed by atoms with Gasteiger partial charge in [0, 0.05) is 39.2 Å². The van der Waals surface area contributed by atoms with E-state index in [1.165, 1.54) is 6.92 Å². The van der Waals surface area contributed by atoms with Crippen LogP contribution in [0.15, 0.2) is 34.9 Å². The molecule has 2 aromatic rings. The molecular formula is C21H28N4O3. The Morgan fingerprint density at radius 3 is 2.39 bits per heavy atom. The van der Waals surface area contributed by atoms with Crippen molar-refractivity contribution in [3.63, 3.8) is 0 Å². The van der Waals surface area contributed by atoms with E-state index in [0.29, 0.717) is 19.6 Å². The number of carbonyl (C=O) groups is 2. The maximum atomic E-state index is 12.8. The van der Waals surface area contributed by atoms with Crippen LogP contribution in [0.5, 0.6) is 0 Å². The number of carbonyl (C=O) groups excluding carboxylic acids is 2. The molecule has 0 bridgehead atoms. The maximum absolute atomic E-state index is 12.8. The van der Waals surface area contributed by atoms with Crippen molar-refractivity contribution in [2.45, 2.75) is 39.8 Å². The van der Waals surface area contributed by atoms with Gasteiger partial charge in [-0.15, -0.1) is 0 Å². The average Bonchev–Trinajstić information content (AvgIpc) is 3.06. The van der Waals surface area contributed by atoms with E-state index in [-0.39, 0.29) is 24.3 Å². The fourth-order valence-corrected chi connectivity index (χ4v) is 3.47. The molecule has 2 heterocycles. The van der Waals surface area contributed by atoms with Crippen molar-refractivity contribution in [1.29, 1.82) is 0 Å². The first-order valence-electron chi connectivity index (χ1n) is 9.66. The zero-order valence-electron chi connectivity index (χ0n) is 16.8. The Hall–Kier alpha value is -2.67. The number of nitrogens with one attached hydrogen (secondary N) is 1. The first-order valence-corrected chi connectivity index (χ1v) is 9.66. The molecule has 1 aromatic heterocycles. The van der Waals surface area contributed by atoms with Crippen LogP contribution in [0, 0.1) is 13.8 Å². The quantitative estimate of drug-likeness (QED) is 0.826. The molecule has 150 valence electrons. The lowest BCUT2D eigenvalue weighted by Gasteiger charge is -2.35. The Labute approximate surface area is 165 Å². The number of benzene rings is 1. The first-order chi connectivity index (χ1) is 13.4. The van der Waals surface area contributed by atoms with Crippen molar-refractivity contribution in [2.24, 2.45) is 0 Å². The summed E-state index contributed by atoms with van der Waals surface area (Å²) < 4.78 is 5.28. The monoisotopic (exact) mass is 384 g/mol. The van der Waals surface area contributed by atoms with Gasteiger partial charge in [-0.05, 0) is 19.4 Å². The molecule has 0 radical (unpaired) electrons. The molecule has 1 aromatic carbocycles. The van der Waals surface area contributed by atoms with Gasteiger partial charge >= 0.3 is 0 Å². The van der Waals surface area contributed by atoms with E-state index in [1.807, 2.05) is 49.1 Å². The first kappa shape index (κ1) is 20.1. The van der Waals surface area contributed by atoms with E-state index >= 15 is 0 Å². The van der Waals surface area contributed by atoms with Gasteiger partial charge in [-0.1, -0.05) is 35.0 Å². The van der Waals surface area contributed by atoms with E-state index in [0.717, 1.165) is 35.7 Å². The maximum Gasteiger partial charge on any atom is 0.225 e. The molecule has 0 aliphatic carbocycles. The number of hydrogen-bond donors (Lipinski definition) is 1. The van der Waals surface area contributed by atoms with Crippen LogP contribution >= 0.6 is 0 Å². The lowest BCUT2D eigenvalue weighted by atomic mass is 10.0. The number of rotatable bonds is 6. The number of hydrogen-bond acceptors (Lipinski definition) is 5. The van der Waals surface area contributed by atoms with Crippen molar-refractivity contribution < 1.29 is 14.1 Å². The molecule has 1 N–H and O–H groups in total. The summed E-state index contributed by atoms with van der Waals surface area (Å²) in [6, 6.07) is 9.58. The van der Waals surface area contributed by atoms with Crippen LogP contribution in [0.1, 0.15) is 42.0 Å². The zero-order chi connectivity index (χ0) is 20.1. The molecule has 7 heteroatoms. The second kappa shape index (κ2) is 9.01. The molecule has 0 saturated carbocycles. The van der Waals surface area contributed by atoms with Crippen LogP contribution < -0.4 is 5.32 Å². The third-order valence-electron chi connectivity index (χ3n) is 5.02. The lowest BCUT2D eigenvalue weighted by Crippen LogP contribution is -2.49. The Morgan fingerprint density at radius 1 is 1.14 bits per heavy atom. The summed E-state index contributed by atoms with van der Waals surface area (Å²) in [4.78, 5) is 28.6. The van der Waals surface area contributed by atoms with Gasteiger partial charge in [0.25, 0.3) is 0 Å². The van der Waals surface area contributed by atoms with Crippen LogP contribution in [0.2, 0.25) is 0 Å². The van der Waals surface area contributed by atoms with E-state index in [9.17, 15) is 9.59 Å². The number of piperazine rings is 1. The molecular weight excluding hydrogens is 356 g/mol. The van der Waals surface area contributed by atoms with Gasteiger partial charge in [0.15, 0.2) is 5.76 Å². The molecule has 1 unspecified atom stereocenters. The molecule has 2 amide bonds. The second-order valence-corrected chi connectivity index (χ2v) is 7.46. The van der Waals surface area contributed by atoms with Crippen molar-refractivity contribution in [2.75, 3.05) is 26.2 Å². The summed E-state index contributed by atoms with van der Waals surface area (Å²) in [6.07, 6.45) is 0.268. The Bertz CT molecular complexity index is 807. The summed E-state index contributed by atoms with van der Waals surface area (Å²) in [6.45, 7) is 9.04. The van der Waals surface area contributed by atoms with Gasteiger partial charge in [0.1, 0.15) is 0 Å². The largest absolute Gasteiger partial charge is 0.360 e. The van der Waals surface area contributed by atoms with E-state index < -0.39 is 0 Å². The SMILES string of the molecule is CC(=O)NC(CC(=O)N1CCN(Cc2cc(C)no2)CC1)c1ccc(C)cc1. The predicted octanol–water partition coefficient (Wildman–Crippen LogP) is 2.20. The highest BCUT2D eigenvalue weighted by atomic mass is 16.5. The normalized spacial score (nSPS) is 16.0. The van der Waals surface area contributed by atoms with E-state index in [4.69, 9.17) is 4.52 Å². The Kier molecular flexibility index (Phi) is 6.46. The van der Waals surface area contributed by atoms with Gasteiger partial charge < -0.3 is 14.7 Å². The van der Waals surface area contributed by atoms with Crippen LogP contribution in [0.25, 0.3) is 0 Å². The van der Waals surface area contributed by atoms with Gasteiger partial charge in [0.05, 0.1) is 24.7 Å². The molecule has 28 heavy (non-hydrogen) atoms. The fraction of sp³-hybridized carbons (Fsp3) is 0.476. The van der Waals surface area contributed by atoms with Gasteiger partial charge in [-0.2, -0.15) is 0 Å². The molecule has 1 aliphatic heterocycles. The highest BCUT2D eigenvalue weighted by Crippen LogP contribution is 2.20. The second-order valence-electron chi connectivity index (χ2n) is 7.46. The summed E-state index contributed by atoms with van der Waals surface area (Å²) in [5, 5.41) is 6.83. The minimum absolute atomic E-state index is 0.0643. The standard InChI is InChI=1S/C21H28N4O3/c1-15-4-6-18(7-5-15)20(22-17(3)26)13-21(27)25-10-8-24(9-11-25)14-19-12-16(2)23-28-19/h4-7,12,20H,8-11,13-14H2,1-3H3,(H,22,26). The van der Waals surface area contributed by atoms with Crippen molar-refractivity contribution in [1.82, 2.24) is 20.3 Å². The summed E-state index contributed by atoms with van der Waals surface area (Å²) >= 11 is 0. The van der Waals surface area contributed by atoms with E-state index in [2.05, 4.69) is 15.4 Å². The summed E-state index contributed by atoms with van der Waals surface area (Å²) in [7, 11) is 0. The van der Waals surface area contributed by atoms with Crippen molar-refractivity contribution in [3.8, 4) is 0 Å². The van der Waals surface area contributed by atoms with E-state index in [1.54, 1.807) is 0 Å². The zero-order valence-corrected chi connectivity index (χ0v) is 16.8. The van der Waals surface area contributed by atoms with Gasteiger partial charge in [-0.3, -0.25) is 14.5 Å². The topological polar surface area (TPSA) is 78.7 Å². The van der Waals surface area contributed by atoms with Crippen LogP contribution in [-0.4, -0.2) is 52.9 Å². The molecule has 1 saturated heterocycles. The van der Waals surface area contributed by atoms with Gasteiger partial charge in [-0.25, -0.2) is 0 Å². The van der Waals surface area contributed by atoms with Gasteiger partial charge in [0.2, 0.25) is 11.8 Å². The average molecular weight is 384 g/mol. The minimum Gasteiger partial charge on any atom is -0.360 e. The third kappa shape index (κ3) is 5.42. The number of aromatic nitrogens is 1. The highest BCUT2D eigenvalue weighted by molar-refractivity contribution is 5.79. The highest BCUT2D eigenvalue weighted by Gasteiger charge is 2.25. The van der Waals surface area contributed by atoms with Crippen LogP contribution in [-0.2, 0) is 16.1 Å². The molecule has 1 atom stereocenters. The molecule has 0 spiro atoms. The molecule has 7 nitrogen and oxygen atoms in total. The molecule has 3 rings (SSSR count). The molecule has 1 aliphatic rings. The lowest BCUT2D eigenvalue weighted by molar-refractivity contribution is -0.133. The van der Waals surface area contributed by atoms with Crippen LogP contribution in [0.3, 0.4) is 0 Å². The summed E-state index contributed by atoms with van der Waals surface area (Å²) in [5.41, 5.74) is 2.98. The fourth-order valence-electron chi connectivity index (χ4n) is 3.47. The minimum atomic E-state index is -0.305. The van der Waals surface area contributed by atoms with Crippen LogP contribution in [0.4, 0.5) is 0 Å². The van der Waals surface area contributed by atoms with Crippen molar-refractivity contribution in [3.05, 3.63) is 52.9 Å². The Morgan fingerprint density at radius 2 is 1.82 bits per heavy atom. The smallest absolute Gasteiger partial charge is 0.225 e. The third-order valence-corrected chi connectivity index (χ3v) is 5.02. The summed E-state index contributed by atoms with van der Waals surface area (Å²) in [5.74, 6) is 0.780. The molecule has 1 fully saturated rings. The number of nitrogens with zero attached hydrogens (tertiary/aromatic N) is 3. The number of aryl methyl sites for hydroxylation is 2. The Balaban J connectivity index is 1.55. The predicted molar refractivity (Wildman–Crippen MR) is 105 cm³/mol. The van der Waals surface area contributed by atoms with Crippen molar-refractivity contribution >= 4 is 11.8 Å².